The Kier molecular flexibility index (Phi) is 5.14. The van der Waals surface area contributed by atoms with E-state index in [-0.39, 0.29) is 12.0 Å². The number of ether oxygens (including phenoxy) is 2. The van der Waals surface area contributed by atoms with Gasteiger partial charge in [0.1, 0.15) is 0 Å². The third-order valence-electron chi connectivity index (χ3n) is 5.13. The Hall–Kier alpha value is -1.95. The summed E-state index contributed by atoms with van der Waals surface area (Å²) < 4.78 is 11.5. The smallest absolute Gasteiger partial charge is 0.236 e. The van der Waals surface area contributed by atoms with Gasteiger partial charge in [-0.15, -0.1) is 0 Å². The highest BCUT2D eigenvalue weighted by Gasteiger charge is 2.31. The zero-order chi connectivity index (χ0) is 17.1. The van der Waals surface area contributed by atoms with Crippen molar-refractivity contribution in [3.8, 4) is 11.5 Å². The molecule has 0 bridgehead atoms. The maximum absolute atomic E-state index is 11.9. The number of carbonyl (C=O) groups excluding carboxylic acids is 1. The van der Waals surface area contributed by atoms with Crippen LogP contribution in [0.2, 0.25) is 0 Å². The number of piperazine rings is 1. The van der Waals surface area contributed by atoms with Gasteiger partial charge in [-0.05, 0) is 37.8 Å². The van der Waals surface area contributed by atoms with E-state index in [9.17, 15) is 4.79 Å². The van der Waals surface area contributed by atoms with E-state index in [1.54, 1.807) is 13.2 Å². The first-order valence-corrected chi connectivity index (χ1v) is 8.65. The molecule has 2 N–H and O–H groups in total. The molecule has 1 aliphatic heterocycles. The summed E-state index contributed by atoms with van der Waals surface area (Å²) in [4.78, 5) is 16.0. The molecule has 6 heteroatoms. The molecule has 1 saturated carbocycles. The Morgan fingerprint density at radius 1 is 1.12 bits per heavy atom. The second-order valence-electron chi connectivity index (χ2n) is 6.74. The standard InChI is InChI=1S/C18H27N3O3/c1-20-9-10-21(12-18(20)22)14-4-6-15(7-5-14)24-16-8-3-13(19)11-17(16)23-2/h3,8,11,14-15H,4-7,9-10,12,19H2,1-2H3. The van der Waals surface area contributed by atoms with Crippen molar-refractivity contribution in [2.24, 2.45) is 0 Å². The molecule has 0 aromatic heterocycles. The Morgan fingerprint density at radius 2 is 1.88 bits per heavy atom. The lowest BCUT2D eigenvalue weighted by Gasteiger charge is -2.40. The molecule has 0 atom stereocenters. The van der Waals surface area contributed by atoms with Crippen molar-refractivity contribution in [3.05, 3.63) is 18.2 Å². The summed E-state index contributed by atoms with van der Waals surface area (Å²) in [6.07, 6.45) is 4.33. The van der Waals surface area contributed by atoms with Crippen LogP contribution in [0.15, 0.2) is 18.2 Å². The van der Waals surface area contributed by atoms with Crippen molar-refractivity contribution in [1.82, 2.24) is 9.80 Å². The fraction of sp³-hybridized carbons (Fsp3) is 0.611. The molecule has 0 radical (unpaired) electrons. The molecular weight excluding hydrogens is 306 g/mol. The summed E-state index contributed by atoms with van der Waals surface area (Å²) >= 11 is 0. The number of nitrogens with zero attached hydrogens (tertiary/aromatic N) is 2. The number of carbonyl (C=O) groups is 1. The largest absolute Gasteiger partial charge is 0.493 e. The minimum atomic E-state index is 0.196. The van der Waals surface area contributed by atoms with Crippen molar-refractivity contribution >= 4 is 11.6 Å². The van der Waals surface area contributed by atoms with Crippen LogP contribution < -0.4 is 15.2 Å². The molecule has 0 spiro atoms. The second kappa shape index (κ2) is 7.30. The number of methoxy groups -OCH3 is 1. The van der Waals surface area contributed by atoms with Crippen LogP contribution in [-0.2, 0) is 4.79 Å². The molecule has 0 unspecified atom stereocenters. The maximum atomic E-state index is 11.9. The average molecular weight is 333 g/mol. The molecule has 1 saturated heterocycles. The molecule has 3 rings (SSSR count). The van der Waals surface area contributed by atoms with Gasteiger partial charge in [0.25, 0.3) is 0 Å². The van der Waals surface area contributed by atoms with Crippen LogP contribution in [-0.4, -0.2) is 61.6 Å². The van der Waals surface area contributed by atoms with Crippen LogP contribution in [0, 0.1) is 0 Å². The van der Waals surface area contributed by atoms with Crippen LogP contribution >= 0.6 is 0 Å². The molecular formula is C18H27N3O3. The van der Waals surface area contributed by atoms with Gasteiger partial charge in [0.2, 0.25) is 5.91 Å². The normalized spacial score (nSPS) is 25.6. The quantitative estimate of drug-likeness (QED) is 0.850. The number of anilines is 1. The van der Waals surface area contributed by atoms with Crippen LogP contribution in [0.5, 0.6) is 11.5 Å². The van der Waals surface area contributed by atoms with Crippen molar-refractivity contribution in [2.75, 3.05) is 39.5 Å². The second-order valence-corrected chi connectivity index (χ2v) is 6.74. The van der Waals surface area contributed by atoms with Crippen LogP contribution in [0.1, 0.15) is 25.7 Å². The molecule has 2 fully saturated rings. The molecule has 1 aliphatic carbocycles. The summed E-state index contributed by atoms with van der Waals surface area (Å²) in [5, 5.41) is 0. The van der Waals surface area contributed by atoms with Gasteiger partial charge in [0, 0.05) is 37.9 Å². The van der Waals surface area contributed by atoms with E-state index in [0.717, 1.165) is 44.5 Å². The zero-order valence-electron chi connectivity index (χ0n) is 14.5. The van der Waals surface area contributed by atoms with Crippen LogP contribution in [0.3, 0.4) is 0 Å². The van der Waals surface area contributed by atoms with Crippen LogP contribution in [0.25, 0.3) is 0 Å². The minimum Gasteiger partial charge on any atom is -0.493 e. The van der Waals surface area contributed by atoms with E-state index < -0.39 is 0 Å². The summed E-state index contributed by atoms with van der Waals surface area (Å²) in [5.74, 6) is 1.66. The summed E-state index contributed by atoms with van der Waals surface area (Å²) in [6, 6.07) is 5.99. The lowest BCUT2D eigenvalue weighted by atomic mass is 9.91. The molecule has 6 nitrogen and oxygen atoms in total. The van der Waals surface area contributed by atoms with E-state index in [0.29, 0.717) is 24.0 Å². The number of amides is 1. The van der Waals surface area contributed by atoms with Crippen molar-refractivity contribution in [2.45, 2.75) is 37.8 Å². The van der Waals surface area contributed by atoms with Gasteiger partial charge in [-0.2, -0.15) is 0 Å². The van der Waals surface area contributed by atoms with Crippen molar-refractivity contribution < 1.29 is 14.3 Å². The first-order chi connectivity index (χ1) is 11.6. The molecule has 132 valence electrons. The Morgan fingerprint density at radius 3 is 2.54 bits per heavy atom. The number of rotatable bonds is 4. The highest BCUT2D eigenvalue weighted by Crippen LogP contribution is 2.33. The Bertz CT molecular complexity index is 585. The maximum Gasteiger partial charge on any atom is 0.236 e. The molecule has 1 aromatic rings. The van der Waals surface area contributed by atoms with Gasteiger partial charge in [0.05, 0.1) is 19.8 Å². The van der Waals surface area contributed by atoms with Gasteiger partial charge in [-0.1, -0.05) is 0 Å². The monoisotopic (exact) mass is 333 g/mol. The topological polar surface area (TPSA) is 68.0 Å². The minimum absolute atomic E-state index is 0.196. The predicted octanol–water partition coefficient (Wildman–Crippen LogP) is 1.74. The van der Waals surface area contributed by atoms with E-state index >= 15 is 0 Å². The van der Waals surface area contributed by atoms with Gasteiger partial charge in [0.15, 0.2) is 11.5 Å². The third kappa shape index (κ3) is 3.75. The Balaban J connectivity index is 1.53. The third-order valence-corrected chi connectivity index (χ3v) is 5.13. The fourth-order valence-electron chi connectivity index (χ4n) is 3.58. The molecule has 1 heterocycles. The number of nitrogens with two attached hydrogens (primary N) is 1. The van der Waals surface area contributed by atoms with E-state index in [2.05, 4.69) is 4.90 Å². The van der Waals surface area contributed by atoms with E-state index in [1.165, 1.54) is 0 Å². The van der Waals surface area contributed by atoms with E-state index in [4.69, 9.17) is 15.2 Å². The summed E-state index contributed by atoms with van der Waals surface area (Å²) in [5.41, 5.74) is 6.46. The zero-order valence-corrected chi connectivity index (χ0v) is 14.5. The number of nitrogen functional groups attached to an aromatic ring is 1. The molecule has 1 aromatic carbocycles. The number of benzene rings is 1. The first-order valence-electron chi connectivity index (χ1n) is 8.65. The summed E-state index contributed by atoms with van der Waals surface area (Å²) in [6.45, 7) is 2.36. The fourth-order valence-corrected chi connectivity index (χ4v) is 3.58. The summed E-state index contributed by atoms with van der Waals surface area (Å²) in [7, 11) is 3.51. The number of hydrogen-bond donors (Lipinski definition) is 1. The SMILES string of the molecule is COc1cc(N)ccc1OC1CCC(N2CCN(C)C(=O)C2)CC1. The lowest BCUT2D eigenvalue weighted by Crippen LogP contribution is -2.53. The highest BCUT2D eigenvalue weighted by atomic mass is 16.5. The average Bonchev–Trinajstić information content (AvgIpc) is 2.59. The van der Waals surface area contributed by atoms with Crippen molar-refractivity contribution in [1.29, 1.82) is 0 Å². The number of hydrogen-bond acceptors (Lipinski definition) is 5. The predicted molar refractivity (Wildman–Crippen MR) is 93.3 cm³/mol. The van der Waals surface area contributed by atoms with Gasteiger partial charge in [-0.25, -0.2) is 0 Å². The van der Waals surface area contributed by atoms with Crippen LogP contribution in [0.4, 0.5) is 5.69 Å². The van der Waals surface area contributed by atoms with E-state index in [1.807, 2.05) is 24.1 Å². The molecule has 24 heavy (non-hydrogen) atoms. The molecule has 2 aliphatic rings. The van der Waals surface area contributed by atoms with Crippen molar-refractivity contribution in [3.63, 3.8) is 0 Å². The Labute approximate surface area is 143 Å². The highest BCUT2D eigenvalue weighted by molar-refractivity contribution is 5.78. The lowest BCUT2D eigenvalue weighted by molar-refractivity contribution is -0.135. The number of likely N-dealkylation sites (N-methyl/N-ethyl adjacent to an activating group) is 1. The molecule has 1 amide bonds. The van der Waals surface area contributed by atoms with Gasteiger partial charge in [-0.3, -0.25) is 9.69 Å². The van der Waals surface area contributed by atoms with Gasteiger partial charge < -0.3 is 20.1 Å². The first kappa shape index (κ1) is 16.9. The van der Waals surface area contributed by atoms with Gasteiger partial charge >= 0.3 is 0 Å².